The molecule has 0 saturated heterocycles. The number of ether oxygens (including phenoxy) is 1. The lowest BCUT2D eigenvalue weighted by Crippen LogP contribution is -2.15. The van der Waals surface area contributed by atoms with Gasteiger partial charge in [-0.1, -0.05) is 72.8 Å². The molecule has 0 heterocycles. The van der Waals surface area contributed by atoms with E-state index in [1.165, 1.54) is 0 Å². The van der Waals surface area contributed by atoms with Crippen LogP contribution in [-0.2, 0) is 9.53 Å². The van der Waals surface area contributed by atoms with Gasteiger partial charge in [0.1, 0.15) is 6.10 Å². The van der Waals surface area contributed by atoms with E-state index in [-0.39, 0.29) is 12.4 Å². The largest absolute Gasteiger partial charge is 0.455 e. The van der Waals surface area contributed by atoms with Gasteiger partial charge in [0.25, 0.3) is 0 Å². The van der Waals surface area contributed by atoms with Gasteiger partial charge in [0.05, 0.1) is 11.8 Å². The van der Waals surface area contributed by atoms with Crippen molar-refractivity contribution in [2.45, 2.75) is 24.8 Å². The molecule has 0 unspecified atom stereocenters. The molecule has 0 aromatic heterocycles. The number of rotatable bonds is 6. The van der Waals surface area contributed by atoms with Crippen LogP contribution in [0.3, 0.4) is 0 Å². The van der Waals surface area contributed by atoms with Crippen LogP contribution in [0.15, 0.2) is 72.8 Å². The lowest BCUT2D eigenvalue weighted by atomic mass is 10.0. The number of esters is 1. The fourth-order valence-corrected chi connectivity index (χ4v) is 2.50. The second-order valence-corrected chi connectivity index (χ2v) is 5.38. The lowest BCUT2D eigenvalue weighted by Gasteiger charge is -2.23. The second-order valence-electron chi connectivity index (χ2n) is 4.91. The van der Waals surface area contributed by atoms with Crippen molar-refractivity contribution in [3.05, 3.63) is 83.9 Å². The number of halogens is 1. The number of alkyl halides is 1. The highest BCUT2D eigenvalue weighted by Crippen LogP contribution is 2.37. The molecule has 2 nitrogen and oxygen atoms in total. The molecule has 0 saturated carbocycles. The molecule has 0 aliphatic rings. The average molecular weight is 315 g/mol. The maximum atomic E-state index is 12.0. The van der Waals surface area contributed by atoms with E-state index in [4.69, 9.17) is 16.3 Å². The minimum absolute atomic E-state index is 0.248. The molecule has 2 aromatic rings. The van der Waals surface area contributed by atoms with Crippen molar-refractivity contribution < 1.29 is 9.53 Å². The van der Waals surface area contributed by atoms with Gasteiger partial charge in [0.2, 0.25) is 0 Å². The first-order valence-electron chi connectivity index (χ1n) is 7.27. The zero-order chi connectivity index (χ0) is 15.8. The molecule has 2 aromatic carbocycles. The minimum atomic E-state index is -0.511. The molecule has 0 radical (unpaired) electrons. The summed E-state index contributed by atoms with van der Waals surface area (Å²) >= 11 is 6.59. The van der Waals surface area contributed by atoms with E-state index < -0.39 is 11.5 Å². The van der Waals surface area contributed by atoms with Crippen LogP contribution in [0, 0.1) is 0 Å². The predicted octanol–water partition coefficient (Wildman–Crippen LogP) is 5.22. The molecule has 2 rings (SSSR count). The van der Waals surface area contributed by atoms with Crippen molar-refractivity contribution in [1.29, 1.82) is 0 Å². The highest BCUT2D eigenvalue weighted by atomic mass is 35.5. The third kappa shape index (κ3) is 4.47. The summed E-state index contributed by atoms with van der Waals surface area (Å²) in [5.41, 5.74) is 1.82. The van der Waals surface area contributed by atoms with Crippen LogP contribution >= 0.6 is 11.6 Å². The molecule has 3 heteroatoms. The zero-order valence-electron chi connectivity index (χ0n) is 12.5. The van der Waals surface area contributed by atoms with Crippen molar-refractivity contribution in [3.8, 4) is 0 Å². The summed E-state index contributed by atoms with van der Waals surface area (Å²) in [6.07, 6.45) is 3.34. The van der Waals surface area contributed by atoms with E-state index in [1.807, 2.05) is 73.7 Å². The van der Waals surface area contributed by atoms with Gasteiger partial charge >= 0.3 is 5.97 Å². The molecule has 0 aliphatic heterocycles. The highest BCUT2D eigenvalue weighted by Gasteiger charge is 2.26. The quantitative estimate of drug-likeness (QED) is 0.415. The number of hydrogen-bond acceptors (Lipinski definition) is 2. The first-order chi connectivity index (χ1) is 10.7. The molecule has 0 fully saturated rings. The van der Waals surface area contributed by atoms with Crippen molar-refractivity contribution in [2.75, 3.05) is 0 Å². The molecule has 114 valence electrons. The Balaban J connectivity index is 2.24. The Morgan fingerprint density at radius 2 is 1.59 bits per heavy atom. The Morgan fingerprint density at radius 3 is 2.14 bits per heavy atom. The second kappa shape index (κ2) is 8.40. The minimum Gasteiger partial charge on any atom is -0.455 e. The van der Waals surface area contributed by atoms with Gasteiger partial charge in [0, 0.05) is 0 Å². The van der Waals surface area contributed by atoms with Crippen LogP contribution in [0.1, 0.15) is 36.0 Å². The monoisotopic (exact) mass is 314 g/mol. The summed E-state index contributed by atoms with van der Waals surface area (Å²) in [4.78, 5) is 12.0. The zero-order valence-corrected chi connectivity index (χ0v) is 13.2. The number of benzene rings is 2. The molecule has 0 aliphatic carbocycles. The Labute approximate surface area is 136 Å². The van der Waals surface area contributed by atoms with Gasteiger partial charge in [-0.3, -0.25) is 4.79 Å². The Hall–Kier alpha value is -2.06. The van der Waals surface area contributed by atoms with E-state index in [0.29, 0.717) is 0 Å². The summed E-state index contributed by atoms with van der Waals surface area (Å²) < 4.78 is 5.63. The number of hydrogen-bond donors (Lipinski definition) is 0. The normalized spacial score (nSPS) is 13.7. The van der Waals surface area contributed by atoms with Crippen molar-refractivity contribution >= 4 is 17.6 Å². The van der Waals surface area contributed by atoms with E-state index in [9.17, 15) is 4.79 Å². The van der Waals surface area contributed by atoms with Crippen LogP contribution < -0.4 is 0 Å². The number of carbonyl (C=O) groups excluding carboxylic acids is 1. The summed E-state index contributed by atoms with van der Waals surface area (Å²) in [5.74, 6) is -0.284. The summed E-state index contributed by atoms with van der Waals surface area (Å²) in [6, 6.07) is 19.3. The SMILES string of the molecule is C/C=C/CC(=O)O[C@H](c1ccccc1)[C@@H](Cl)c1ccccc1. The smallest absolute Gasteiger partial charge is 0.310 e. The van der Waals surface area contributed by atoms with Crippen molar-refractivity contribution in [2.24, 2.45) is 0 Å². The Kier molecular flexibility index (Phi) is 6.23. The van der Waals surface area contributed by atoms with Gasteiger partial charge < -0.3 is 4.74 Å². The lowest BCUT2D eigenvalue weighted by molar-refractivity contribution is -0.148. The molecule has 0 bridgehead atoms. The van der Waals surface area contributed by atoms with Gasteiger partial charge in [-0.15, -0.1) is 11.6 Å². The van der Waals surface area contributed by atoms with Crippen LogP contribution in [0.25, 0.3) is 0 Å². The topological polar surface area (TPSA) is 26.3 Å². The predicted molar refractivity (Wildman–Crippen MR) is 89.7 cm³/mol. The Morgan fingerprint density at radius 1 is 1.05 bits per heavy atom. The summed E-state index contributed by atoms with van der Waals surface area (Å²) in [7, 11) is 0. The number of allylic oxidation sites excluding steroid dienone is 1. The van der Waals surface area contributed by atoms with Crippen molar-refractivity contribution in [1.82, 2.24) is 0 Å². The first-order valence-corrected chi connectivity index (χ1v) is 7.70. The first kappa shape index (κ1) is 16.3. The molecule has 0 N–H and O–H groups in total. The Bertz CT molecular complexity index is 608. The van der Waals surface area contributed by atoms with Crippen LogP contribution in [0.5, 0.6) is 0 Å². The van der Waals surface area contributed by atoms with Gasteiger partial charge in [-0.25, -0.2) is 0 Å². The number of carbonyl (C=O) groups is 1. The fraction of sp³-hybridized carbons (Fsp3) is 0.211. The van der Waals surface area contributed by atoms with E-state index in [1.54, 1.807) is 6.08 Å². The third-order valence-electron chi connectivity index (χ3n) is 3.29. The van der Waals surface area contributed by atoms with Crippen molar-refractivity contribution in [3.63, 3.8) is 0 Å². The molecule has 2 atom stereocenters. The van der Waals surface area contributed by atoms with E-state index >= 15 is 0 Å². The highest BCUT2D eigenvalue weighted by molar-refractivity contribution is 6.21. The van der Waals surface area contributed by atoms with Gasteiger partial charge in [-0.05, 0) is 18.1 Å². The third-order valence-corrected chi connectivity index (χ3v) is 3.77. The molecular weight excluding hydrogens is 296 g/mol. The molecule has 0 spiro atoms. The van der Waals surface area contributed by atoms with E-state index in [2.05, 4.69) is 0 Å². The van der Waals surface area contributed by atoms with Crippen LogP contribution in [0.4, 0.5) is 0 Å². The average Bonchev–Trinajstić information content (AvgIpc) is 2.59. The molecule has 0 amide bonds. The maximum absolute atomic E-state index is 12.0. The summed E-state index contributed by atoms with van der Waals surface area (Å²) in [6.45, 7) is 1.87. The van der Waals surface area contributed by atoms with Gasteiger partial charge in [0.15, 0.2) is 0 Å². The van der Waals surface area contributed by atoms with Crippen LogP contribution in [0.2, 0.25) is 0 Å². The maximum Gasteiger partial charge on any atom is 0.310 e. The standard InChI is InChI=1S/C19H19ClO2/c1-2-3-14-17(21)22-19(16-12-8-5-9-13-16)18(20)15-10-6-4-7-11-15/h2-13,18-19H,14H2,1H3/b3-2+/t18-,19+/m0/s1. The molecular formula is C19H19ClO2. The fourth-order valence-electron chi connectivity index (χ4n) is 2.15. The van der Waals surface area contributed by atoms with Crippen LogP contribution in [-0.4, -0.2) is 5.97 Å². The molecule has 22 heavy (non-hydrogen) atoms. The van der Waals surface area contributed by atoms with E-state index in [0.717, 1.165) is 11.1 Å². The summed E-state index contributed by atoms with van der Waals surface area (Å²) in [5, 5.41) is -0.432. The van der Waals surface area contributed by atoms with Gasteiger partial charge in [-0.2, -0.15) is 0 Å².